The molecule has 0 aromatic heterocycles. The minimum absolute atomic E-state index is 0.139. The summed E-state index contributed by atoms with van der Waals surface area (Å²) in [5, 5.41) is 0. The lowest BCUT2D eigenvalue weighted by atomic mass is 9.95. The monoisotopic (exact) mass is 172 g/mol. The van der Waals surface area contributed by atoms with Gasteiger partial charge in [-0.2, -0.15) is 0 Å². The maximum atomic E-state index is 11.3. The van der Waals surface area contributed by atoms with Crippen LogP contribution in [0.1, 0.15) is 19.8 Å². The number of carbonyl (C=O) groups excluding carboxylic acids is 1. The van der Waals surface area contributed by atoms with Gasteiger partial charge in [0.25, 0.3) is 0 Å². The van der Waals surface area contributed by atoms with Gasteiger partial charge in [-0.1, -0.05) is 0 Å². The Morgan fingerprint density at radius 3 is 3.18 bits per heavy atom. The van der Waals surface area contributed by atoms with Crippen LogP contribution in [0.15, 0.2) is 0 Å². The van der Waals surface area contributed by atoms with Crippen LogP contribution in [0, 0.1) is 0 Å². The summed E-state index contributed by atoms with van der Waals surface area (Å²) in [5.74, 6) is 1.40. The molecule has 0 N–H and O–H groups in total. The Kier molecular flexibility index (Phi) is 1.72. The zero-order valence-electron chi connectivity index (χ0n) is 6.63. The van der Waals surface area contributed by atoms with Crippen molar-refractivity contribution in [2.75, 3.05) is 12.4 Å². The fourth-order valence-corrected chi connectivity index (χ4v) is 3.48. The van der Waals surface area contributed by atoms with Crippen molar-refractivity contribution in [1.82, 2.24) is 0 Å². The molecule has 2 rings (SSSR count). The van der Waals surface area contributed by atoms with Crippen LogP contribution < -0.4 is 0 Å². The third-order valence-corrected chi connectivity index (χ3v) is 4.36. The molecule has 0 amide bonds. The van der Waals surface area contributed by atoms with Crippen molar-refractivity contribution < 1.29 is 9.53 Å². The highest BCUT2D eigenvalue weighted by atomic mass is 32.2. The number of fused-ring (bicyclic) bond motifs is 1. The van der Waals surface area contributed by atoms with Crippen molar-refractivity contribution in [1.29, 1.82) is 0 Å². The molecule has 62 valence electrons. The lowest BCUT2D eigenvalue weighted by Gasteiger charge is -2.22. The maximum Gasteiger partial charge on any atom is 0.148 e. The summed E-state index contributed by atoms with van der Waals surface area (Å²) in [6.45, 7) is 2.47. The van der Waals surface area contributed by atoms with E-state index in [1.165, 1.54) is 0 Å². The van der Waals surface area contributed by atoms with E-state index in [0.717, 1.165) is 25.2 Å². The predicted molar refractivity (Wildman–Crippen MR) is 44.8 cm³/mol. The number of hydrogen-bond acceptors (Lipinski definition) is 3. The van der Waals surface area contributed by atoms with E-state index in [2.05, 4.69) is 0 Å². The summed E-state index contributed by atoms with van der Waals surface area (Å²) in [6.07, 6.45) is 2.21. The van der Waals surface area contributed by atoms with Crippen molar-refractivity contribution in [3.63, 3.8) is 0 Å². The van der Waals surface area contributed by atoms with Gasteiger partial charge in [0.2, 0.25) is 0 Å². The van der Waals surface area contributed by atoms with Gasteiger partial charge in [0.15, 0.2) is 0 Å². The number of ether oxygens (including phenoxy) is 1. The first-order valence-corrected chi connectivity index (χ1v) is 5.01. The van der Waals surface area contributed by atoms with Crippen molar-refractivity contribution in [2.45, 2.75) is 30.6 Å². The zero-order valence-corrected chi connectivity index (χ0v) is 7.45. The van der Waals surface area contributed by atoms with E-state index in [9.17, 15) is 4.79 Å². The molecule has 2 heterocycles. The van der Waals surface area contributed by atoms with Gasteiger partial charge in [-0.05, 0) is 25.5 Å². The molecule has 11 heavy (non-hydrogen) atoms. The average Bonchev–Trinajstić information content (AvgIpc) is 2.40. The molecule has 2 fully saturated rings. The average molecular weight is 172 g/mol. The van der Waals surface area contributed by atoms with Gasteiger partial charge in [0.1, 0.15) is 10.5 Å². The van der Waals surface area contributed by atoms with Crippen molar-refractivity contribution in [2.24, 2.45) is 0 Å². The van der Waals surface area contributed by atoms with Crippen LogP contribution >= 0.6 is 11.8 Å². The predicted octanol–water partition coefficient (Wildman–Crippen LogP) is 1.24. The number of rotatable bonds is 1. The van der Waals surface area contributed by atoms with Gasteiger partial charge in [0.05, 0.1) is 6.10 Å². The SMILES string of the molecule is CC(=O)C12CCOC1CCS2. The Labute approximate surface area is 70.7 Å². The van der Waals surface area contributed by atoms with Crippen LogP contribution in [-0.2, 0) is 9.53 Å². The molecule has 3 heteroatoms. The molecular formula is C8H12O2S. The third-order valence-electron chi connectivity index (χ3n) is 2.65. The second kappa shape index (κ2) is 2.49. The maximum absolute atomic E-state index is 11.3. The van der Waals surface area contributed by atoms with E-state index >= 15 is 0 Å². The highest BCUT2D eigenvalue weighted by molar-refractivity contribution is 8.01. The van der Waals surface area contributed by atoms with Crippen LogP contribution in [0.3, 0.4) is 0 Å². The fraction of sp³-hybridized carbons (Fsp3) is 0.875. The molecule has 0 bridgehead atoms. The quantitative estimate of drug-likeness (QED) is 0.595. The molecule has 0 saturated carbocycles. The second-order valence-corrected chi connectivity index (χ2v) is 4.62. The summed E-state index contributed by atoms with van der Waals surface area (Å²) in [5.41, 5.74) is 0. The molecule has 2 atom stereocenters. The largest absolute Gasteiger partial charge is 0.376 e. The third kappa shape index (κ3) is 0.942. The zero-order chi connectivity index (χ0) is 7.90. The van der Waals surface area contributed by atoms with E-state index in [-0.39, 0.29) is 10.9 Å². The van der Waals surface area contributed by atoms with Crippen LogP contribution in [0.5, 0.6) is 0 Å². The summed E-state index contributed by atoms with van der Waals surface area (Å²) < 4.78 is 5.36. The molecule has 2 aliphatic rings. The number of hydrogen-bond donors (Lipinski definition) is 0. The van der Waals surface area contributed by atoms with Gasteiger partial charge < -0.3 is 4.74 Å². The molecule has 2 aliphatic heterocycles. The Morgan fingerprint density at radius 1 is 1.73 bits per heavy atom. The number of Topliss-reactive ketones (excluding diaryl/α,β-unsaturated/α-hetero) is 1. The van der Waals surface area contributed by atoms with E-state index in [1.807, 2.05) is 0 Å². The van der Waals surface area contributed by atoms with Crippen LogP contribution in [0.4, 0.5) is 0 Å². The first kappa shape index (κ1) is 7.62. The van der Waals surface area contributed by atoms with Crippen molar-refractivity contribution in [3.05, 3.63) is 0 Å². The van der Waals surface area contributed by atoms with E-state index in [1.54, 1.807) is 18.7 Å². The lowest BCUT2D eigenvalue weighted by Crippen LogP contribution is -2.37. The molecule has 0 aromatic carbocycles. The van der Waals surface area contributed by atoms with Gasteiger partial charge in [-0.25, -0.2) is 0 Å². The highest BCUT2D eigenvalue weighted by Crippen LogP contribution is 2.47. The molecular weight excluding hydrogens is 160 g/mol. The molecule has 2 unspecified atom stereocenters. The lowest BCUT2D eigenvalue weighted by molar-refractivity contribution is -0.120. The standard InChI is InChI=1S/C8H12O2S/c1-6(9)8-3-4-10-7(8)2-5-11-8/h7H,2-5H2,1H3. The van der Waals surface area contributed by atoms with Crippen LogP contribution in [0.2, 0.25) is 0 Å². The summed E-state index contributed by atoms with van der Waals surface area (Å²) in [6, 6.07) is 0. The van der Waals surface area contributed by atoms with Crippen molar-refractivity contribution >= 4 is 17.5 Å². The smallest absolute Gasteiger partial charge is 0.148 e. The molecule has 0 aliphatic carbocycles. The fourth-order valence-electron chi connectivity index (χ4n) is 1.98. The summed E-state index contributed by atoms with van der Waals surface area (Å²) in [4.78, 5) is 11.3. The normalized spacial score (nSPS) is 42.5. The molecule has 0 aromatic rings. The van der Waals surface area contributed by atoms with E-state index < -0.39 is 0 Å². The first-order valence-electron chi connectivity index (χ1n) is 4.02. The van der Waals surface area contributed by atoms with Gasteiger partial charge in [0, 0.05) is 6.61 Å². The topological polar surface area (TPSA) is 26.3 Å². The molecule has 2 nitrogen and oxygen atoms in total. The van der Waals surface area contributed by atoms with Crippen LogP contribution in [0.25, 0.3) is 0 Å². The number of carbonyl (C=O) groups is 1. The minimum Gasteiger partial charge on any atom is -0.376 e. The second-order valence-electron chi connectivity index (χ2n) is 3.19. The van der Waals surface area contributed by atoms with E-state index in [4.69, 9.17) is 4.74 Å². The molecule has 0 radical (unpaired) electrons. The summed E-state index contributed by atoms with van der Waals surface area (Å²) in [7, 11) is 0. The van der Waals surface area contributed by atoms with Gasteiger partial charge in [-0.3, -0.25) is 4.79 Å². The van der Waals surface area contributed by atoms with Gasteiger partial charge in [-0.15, -0.1) is 11.8 Å². The van der Waals surface area contributed by atoms with E-state index in [0.29, 0.717) is 5.78 Å². The minimum atomic E-state index is -0.139. The number of thioether (sulfide) groups is 1. The van der Waals surface area contributed by atoms with Gasteiger partial charge >= 0.3 is 0 Å². The Morgan fingerprint density at radius 2 is 2.55 bits per heavy atom. The Bertz CT molecular complexity index is 181. The Balaban J connectivity index is 2.26. The van der Waals surface area contributed by atoms with Crippen LogP contribution in [-0.4, -0.2) is 29.0 Å². The molecule has 0 spiro atoms. The van der Waals surface area contributed by atoms with Crippen molar-refractivity contribution in [3.8, 4) is 0 Å². The highest BCUT2D eigenvalue weighted by Gasteiger charge is 2.51. The molecule has 2 saturated heterocycles. The first-order chi connectivity index (χ1) is 5.26. The summed E-state index contributed by atoms with van der Waals surface area (Å²) >= 11 is 1.79. The number of ketones is 1. The Hall–Kier alpha value is -0.0200.